The summed E-state index contributed by atoms with van der Waals surface area (Å²) in [6, 6.07) is 0. The van der Waals surface area contributed by atoms with Crippen molar-refractivity contribution >= 4 is 12.0 Å². The Hall–Kier alpha value is -1.26. The largest absolute Gasteiger partial charge is 0.444 e. The van der Waals surface area contributed by atoms with Crippen molar-refractivity contribution in [3.05, 3.63) is 0 Å². The molecule has 2 N–H and O–H groups in total. The molecule has 1 atom stereocenters. The van der Waals surface area contributed by atoms with Gasteiger partial charge in [0.05, 0.1) is 5.41 Å². The Morgan fingerprint density at radius 3 is 2.31 bits per heavy atom. The lowest BCUT2D eigenvalue weighted by Gasteiger charge is -2.25. The monoisotopic (exact) mass is 228 g/mol. The first-order valence-corrected chi connectivity index (χ1v) is 5.42. The third-order valence-corrected chi connectivity index (χ3v) is 2.72. The lowest BCUT2D eigenvalue weighted by molar-refractivity contribution is -0.126. The molecule has 0 aromatic carbocycles. The van der Waals surface area contributed by atoms with Gasteiger partial charge in [-0.15, -0.1) is 0 Å². The van der Waals surface area contributed by atoms with Crippen LogP contribution in [-0.2, 0) is 9.53 Å². The summed E-state index contributed by atoms with van der Waals surface area (Å²) in [5.74, 6) is -0.362. The molecule has 1 heterocycles. The predicted molar refractivity (Wildman–Crippen MR) is 59.7 cm³/mol. The van der Waals surface area contributed by atoms with Crippen LogP contribution in [0.4, 0.5) is 4.79 Å². The molecule has 0 aliphatic carbocycles. The smallest absolute Gasteiger partial charge is 0.410 e. The van der Waals surface area contributed by atoms with Crippen LogP contribution in [0.1, 0.15) is 34.1 Å². The first-order valence-electron chi connectivity index (χ1n) is 5.42. The van der Waals surface area contributed by atoms with E-state index in [0.29, 0.717) is 19.5 Å². The normalized spacial score (nSPS) is 25.6. The van der Waals surface area contributed by atoms with Crippen molar-refractivity contribution in [3.8, 4) is 0 Å². The van der Waals surface area contributed by atoms with E-state index in [4.69, 9.17) is 10.5 Å². The molecule has 1 saturated heterocycles. The maximum Gasteiger partial charge on any atom is 0.410 e. The fourth-order valence-corrected chi connectivity index (χ4v) is 1.64. The van der Waals surface area contributed by atoms with E-state index < -0.39 is 11.0 Å². The molecule has 1 aliphatic rings. The number of likely N-dealkylation sites (tertiary alicyclic amines) is 1. The van der Waals surface area contributed by atoms with E-state index in [2.05, 4.69) is 0 Å². The second kappa shape index (κ2) is 3.96. The summed E-state index contributed by atoms with van der Waals surface area (Å²) in [5.41, 5.74) is 4.18. The summed E-state index contributed by atoms with van der Waals surface area (Å²) in [6.07, 6.45) is 0.221. The molecule has 92 valence electrons. The Kier molecular flexibility index (Phi) is 3.17. The SMILES string of the molecule is CC(C)(C)OC(=O)N1CCC(C)(C(N)=O)C1. The number of carbonyl (C=O) groups is 2. The zero-order valence-electron chi connectivity index (χ0n) is 10.4. The maximum atomic E-state index is 11.7. The Labute approximate surface area is 95.9 Å². The minimum Gasteiger partial charge on any atom is -0.444 e. The Bertz CT molecular complexity index is 309. The van der Waals surface area contributed by atoms with Crippen molar-refractivity contribution in [3.63, 3.8) is 0 Å². The molecule has 2 amide bonds. The molecular formula is C11H20N2O3. The second-order valence-corrected chi connectivity index (χ2v) is 5.58. The van der Waals surface area contributed by atoms with E-state index in [0.717, 1.165) is 0 Å². The molecule has 0 aromatic heterocycles. The van der Waals surface area contributed by atoms with Crippen molar-refractivity contribution in [2.75, 3.05) is 13.1 Å². The van der Waals surface area contributed by atoms with Gasteiger partial charge in [0.15, 0.2) is 0 Å². The van der Waals surface area contributed by atoms with Gasteiger partial charge in [0, 0.05) is 13.1 Å². The van der Waals surface area contributed by atoms with Gasteiger partial charge in [0.25, 0.3) is 0 Å². The Morgan fingerprint density at radius 1 is 1.38 bits per heavy atom. The average Bonchev–Trinajstić information content (AvgIpc) is 2.46. The third-order valence-electron chi connectivity index (χ3n) is 2.72. The van der Waals surface area contributed by atoms with Crippen molar-refractivity contribution in [1.29, 1.82) is 0 Å². The minimum atomic E-state index is -0.614. The molecule has 0 spiro atoms. The summed E-state index contributed by atoms with van der Waals surface area (Å²) in [6.45, 7) is 8.09. The quantitative estimate of drug-likeness (QED) is 0.731. The number of rotatable bonds is 1. The number of hydrogen-bond donors (Lipinski definition) is 1. The van der Waals surface area contributed by atoms with Crippen LogP contribution >= 0.6 is 0 Å². The molecule has 16 heavy (non-hydrogen) atoms. The highest BCUT2D eigenvalue weighted by Gasteiger charge is 2.41. The number of primary amides is 1. The highest BCUT2D eigenvalue weighted by molar-refractivity contribution is 5.82. The standard InChI is InChI=1S/C11H20N2O3/c1-10(2,3)16-9(15)13-6-5-11(4,7-13)8(12)14/h5-7H2,1-4H3,(H2,12,14). The molecule has 1 unspecified atom stereocenters. The summed E-state index contributed by atoms with van der Waals surface area (Å²) in [4.78, 5) is 24.5. The highest BCUT2D eigenvalue weighted by atomic mass is 16.6. The number of nitrogens with zero attached hydrogens (tertiary/aromatic N) is 1. The van der Waals surface area contributed by atoms with Gasteiger partial charge in [0.1, 0.15) is 5.60 Å². The van der Waals surface area contributed by atoms with Crippen LogP contribution in [0.5, 0.6) is 0 Å². The maximum absolute atomic E-state index is 11.7. The number of carbonyl (C=O) groups excluding carboxylic acids is 2. The van der Waals surface area contributed by atoms with E-state index in [1.54, 1.807) is 6.92 Å². The fraction of sp³-hybridized carbons (Fsp3) is 0.818. The molecular weight excluding hydrogens is 208 g/mol. The van der Waals surface area contributed by atoms with E-state index in [1.807, 2.05) is 20.8 Å². The van der Waals surface area contributed by atoms with Crippen LogP contribution < -0.4 is 5.73 Å². The first kappa shape index (κ1) is 12.8. The number of amides is 2. The molecule has 0 aromatic rings. The first-order chi connectivity index (χ1) is 7.14. The third kappa shape index (κ3) is 2.87. The number of hydrogen-bond acceptors (Lipinski definition) is 3. The van der Waals surface area contributed by atoms with E-state index in [9.17, 15) is 9.59 Å². The lowest BCUT2D eigenvalue weighted by Crippen LogP contribution is -2.40. The van der Waals surface area contributed by atoms with Crippen LogP contribution in [0.3, 0.4) is 0 Å². The lowest BCUT2D eigenvalue weighted by atomic mass is 9.89. The number of nitrogens with two attached hydrogens (primary N) is 1. The molecule has 0 saturated carbocycles. The van der Waals surface area contributed by atoms with Gasteiger partial charge in [0.2, 0.25) is 5.91 Å². The van der Waals surface area contributed by atoms with Crippen LogP contribution in [0.25, 0.3) is 0 Å². The highest BCUT2D eigenvalue weighted by Crippen LogP contribution is 2.30. The van der Waals surface area contributed by atoms with Gasteiger partial charge in [-0.2, -0.15) is 0 Å². The zero-order chi connectivity index (χ0) is 12.6. The summed E-state index contributed by atoms with van der Waals surface area (Å²) < 4.78 is 5.23. The number of ether oxygens (including phenoxy) is 1. The van der Waals surface area contributed by atoms with Gasteiger partial charge in [-0.3, -0.25) is 4.79 Å². The molecule has 1 aliphatic heterocycles. The minimum absolute atomic E-state index is 0.344. The van der Waals surface area contributed by atoms with Crippen molar-refractivity contribution in [2.45, 2.75) is 39.7 Å². The zero-order valence-corrected chi connectivity index (χ0v) is 10.4. The van der Waals surface area contributed by atoms with Crippen molar-refractivity contribution in [2.24, 2.45) is 11.1 Å². The Balaban J connectivity index is 2.60. The molecule has 1 rings (SSSR count). The van der Waals surface area contributed by atoms with Gasteiger partial charge in [-0.1, -0.05) is 0 Å². The molecule has 0 bridgehead atoms. The molecule has 5 nitrogen and oxygen atoms in total. The fourth-order valence-electron chi connectivity index (χ4n) is 1.64. The molecule has 0 radical (unpaired) electrons. The van der Waals surface area contributed by atoms with E-state index in [1.165, 1.54) is 4.90 Å². The Morgan fingerprint density at radius 2 is 1.94 bits per heavy atom. The van der Waals surface area contributed by atoms with Gasteiger partial charge in [-0.05, 0) is 34.1 Å². The summed E-state index contributed by atoms with van der Waals surface area (Å²) in [7, 11) is 0. The summed E-state index contributed by atoms with van der Waals surface area (Å²) in [5, 5.41) is 0. The molecule has 1 fully saturated rings. The van der Waals surface area contributed by atoms with Crippen molar-refractivity contribution in [1.82, 2.24) is 4.90 Å². The van der Waals surface area contributed by atoms with Gasteiger partial charge < -0.3 is 15.4 Å². The second-order valence-electron chi connectivity index (χ2n) is 5.58. The van der Waals surface area contributed by atoms with Crippen molar-refractivity contribution < 1.29 is 14.3 Å². The van der Waals surface area contributed by atoms with Gasteiger partial charge in [-0.25, -0.2) is 4.79 Å². The topological polar surface area (TPSA) is 72.6 Å². The van der Waals surface area contributed by atoms with Crippen LogP contribution in [0.15, 0.2) is 0 Å². The van der Waals surface area contributed by atoms with Crippen LogP contribution in [0, 0.1) is 5.41 Å². The van der Waals surface area contributed by atoms with Crippen LogP contribution in [-0.4, -0.2) is 35.6 Å². The summed E-state index contributed by atoms with van der Waals surface area (Å²) >= 11 is 0. The van der Waals surface area contributed by atoms with E-state index >= 15 is 0 Å². The van der Waals surface area contributed by atoms with Gasteiger partial charge >= 0.3 is 6.09 Å². The molecule has 5 heteroatoms. The predicted octanol–water partition coefficient (Wildman–Crippen LogP) is 1.12. The average molecular weight is 228 g/mol. The van der Waals surface area contributed by atoms with Crippen LogP contribution in [0.2, 0.25) is 0 Å². The van der Waals surface area contributed by atoms with E-state index in [-0.39, 0.29) is 12.0 Å².